The molecule has 2 aromatic carbocycles. The van der Waals surface area contributed by atoms with Crippen LogP contribution in [-0.2, 0) is 6.54 Å². The molecule has 0 radical (unpaired) electrons. The fourth-order valence-electron chi connectivity index (χ4n) is 1.68. The summed E-state index contributed by atoms with van der Waals surface area (Å²) in [5.74, 6) is 0. The van der Waals surface area contributed by atoms with Gasteiger partial charge in [0.05, 0.1) is 15.6 Å². The maximum absolute atomic E-state index is 11.0. The van der Waals surface area contributed by atoms with Crippen LogP contribution in [0, 0.1) is 13.7 Å². The molecular weight excluding hydrogens is 458 g/mol. The number of anilines is 1. The second-order valence-corrected chi connectivity index (χ2v) is 6.58. The van der Waals surface area contributed by atoms with Crippen molar-refractivity contribution in [3.05, 3.63) is 65.1 Å². The second kappa shape index (κ2) is 6.73. The molecule has 7 heteroatoms. The molecule has 0 saturated carbocycles. The zero-order valence-corrected chi connectivity index (χ0v) is 14.6. The first kappa shape index (κ1) is 15.5. The van der Waals surface area contributed by atoms with Crippen molar-refractivity contribution < 1.29 is 4.92 Å². The van der Waals surface area contributed by atoms with Gasteiger partial charge in [0.25, 0.3) is 5.69 Å². The van der Waals surface area contributed by atoms with E-state index in [2.05, 4.69) is 43.8 Å². The Balaban J connectivity index is 2.20. The van der Waals surface area contributed by atoms with Crippen LogP contribution < -0.4 is 5.32 Å². The first-order chi connectivity index (χ1) is 9.47. The average Bonchev–Trinajstić information content (AvgIpc) is 2.38. The lowest BCUT2D eigenvalue weighted by molar-refractivity contribution is -0.385. The van der Waals surface area contributed by atoms with Gasteiger partial charge in [-0.2, -0.15) is 0 Å². The molecule has 0 saturated heterocycles. The van der Waals surface area contributed by atoms with Crippen molar-refractivity contribution in [2.45, 2.75) is 6.54 Å². The number of rotatable bonds is 4. The Kier molecular flexibility index (Phi) is 5.22. The topological polar surface area (TPSA) is 55.2 Å². The van der Waals surface area contributed by atoms with E-state index in [0.717, 1.165) is 9.26 Å². The molecule has 20 heavy (non-hydrogen) atoms. The third-order valence-electron chi connectivity index (χ3n) is 2.64. The van der Waals surface area contributed by atoms with Gasteiger partial charge in [0.15, 0.2) is 0 Å². The van der Waals surface area contributed by atoms with Crippen LogP contribution in [0.25, 0.3) is 0 Å². The first-order valence-electron chi connectivity index (χ1n) is 5.59. The molecular formula is C13H9BrClIN2O2. The van der Waals surface area contributed by atoms with Crippen LogP contribution in [0.4, 0.5) is 11.4 Å². The number of nitrogens with zero attached hydrogens (tertiary/aromatic N) is 1. The lowest BCUT2D eigenvalue weighted by Gasteiger charge is -2.09. The van der Waals surface area contributed by atoms with Gasteiger partial charge in [0.1, 0.15) is 0 Å². The summed E-state index contributed by atoms with van der Waals surface area (Å²) in [6, 6.07) is 10.6. The van der Waals surface area contributed by atoms with Crippen molar-refractivity contribution in [2.75, 3.05) is 5.32 Å². The molecule has 0 aliphatic rings. The molecule has 2 aromatic rings. The van der Waals surface area contributed by atoms with Crippen molar-refractivity contribution in [2.24, 2.45) is 0 Å². The van der Waals surface area contributed by atoms with Crippen LogP contribution in [0.5, 0.6) is 0 Å². The molecule has 0 atom stereocenters. The van der Waals surface area contributed by atoms with E-state index in [1.807, 2.05) is 18.2 Å². The van der Waals surface area contributed by atoms with E-state index in [1.165, 1.54) is 6.07 Å². The summed E-state index contributed by atoms with van der Waals surface area (Å²) in [5.41, 5.74) is 1.44. The van der Waals surface area contributed by atoms with Crippen LogP contribution in [0.3, 0.4) is 0 Å². The summed E-state index contributed by atoms with van der Waals surface area (Å²) in [6.07, 6.45) is 0. The summed E-state index contributed by atoms with van der Waals surface area (Å²) >= 11 is 11.5. The fraction of sp³-hybridized carbons (Fsp3) is 0.0769. The summed E-state index contributed by atoms with van der Waals surface area (Å²) in [6.45, 7) is 0.337. The number of nitro groups is 1. The highest BCUT2D eigenvalue weighted by molar-refractivity contribution is 14.1. The van der Waals surface area contributed by atoms with Crippen molar-refractivity contribution >= 4 is 61.5 Å². The third kappa shape index (κ3) is 3.83. The van der Waals surface area contributed by atoms with E-state index in [-0.39, 0.29) is 5.69 Å². The highest BCUT2D eigenvalue weighted by Gasteiger charge is 2.14. The highest BCUT2D eigenvalue weighted by atomic mass is 127. The van der Waals surface area contributed by atoms with Gasteiger partial charge in [-0.3, -0.25) is 10.1 Å². The van der Waals surface area contributed by atoms with Crippen LogP contribution in [0.1, 0.15) is 5.56 Å². The number of benzene rings is 2. The quantitative estimate of drug-likeness (QED) is 0.381. The smallest absolute Gasteiger partial charge is 0.275 e. The molecule has 0 fully saturated rings. The predicted molar refractivity (Wildman–Crippen MR) is 92.3 cm³/mol. The Morgan fingerprint density at radius 3 is 2.70 bits per heavy atom. The molecule has 0 aliphatic heterocycles. The average molecular weight is 467 g/mol. The number of nitro benzene ring substituents is 1. The normalized spacial score (nSPS) is 10.3. The highest BCUT2D eigenvalue weighted by Crippen LogP contribution is 2.27. The van der Waals surface area contributed by atoms with Gasteiger partial charge in [-0.05, 0) is 52.9 Å². The number of hydrogen-bond acceptors (Lipinski definition) is 3. The van der Waals surface area contributed by atoms with E-state index in [0.29, 0.717) is 21.6 Å². The summed E-state index contributed by atoms with van der Waals surface area (Å²) in [4.78, 5) is 10.6. The fourth-order valence-corrected chi connectivity index (χ4v) is 2.95. The predicted octanol–water partition coefficient (Wildman–Crippen LogP) is 5.23. The maximum Gasteiger partial charge on any atom is 0.275 e. The molecule has 2 rings (SSSR count). The summed E-state index contributed by atoms with van der Waals surface area (Å²) in [7, 11) is 0. The van der Waals surface area contributed by atoms with E-state index in [9.17, 15) is 10.1 Å². The molecule has 0 spiro atoms. The zero-order chi connectivity index (χ0) is 14.7. The Bertz CT molecular complexity index is 667. The Labute approximate surface area is 142 Å². The van der Waals surface area contributed by atoms with Gasteiger partial charge in [-0.1, -0.05) is 27.5 Å². The van der Waals surface area contributed by atoms with Gasteiger partial charge < -0.3 is 5.32 Å². The molecule has 1 N–H and O–H groups in total. The van der Waals surface area contributed by atoms with Crippen molar-refractivity contribution in [3.8, 4) is 0 Å². The van der Waals surface area contributed by atoms with E-state index < -0.39 is 4.92 Å². The van der Waals surface area contributed by atoms with Gasteiger partial charge in [-0.25, -0.2) is 0 Å². The van der Waals surface area contributed by atoms with E-state index in [4.69, 9.17) is 11.6 Å². The zero-order valence-electron chi connectivity index (χ0n) is 10.1. The lowest BCUT2D eigenvalue weighted by Crippen LogP contribution is -2.03. The third-order valence-corrected chi connectivity index (χ3v) is 4.12. The Morgan fingerprint density at radius 1 is 1.30 bits per heavy atom. The molecule has 0 unspecified atom stereocenters. The van der Waals surface area contributed by atoms with Gasteiger partial charge in [0, 0.05) is 26.2 Å². The molecule has 0 amide bonds. The Hall–Kier alpha value is -0.860. The SMILES string of the molecule is O=[N+]([O-])c1cc(Br)ccc1CNc1ccc(I)cc1Cl. The minimum atomic E-state index is -0.392. The van der Waals surface area contributed by atoms with E-state index >= 15 is 0 Å². The summed E-state index contributed by atoms with van der Waals surface area (Å²) < 4.78 is 1.72. The number of hydrogen-bond donors (Lipinski definition) is 1. The monoisotopic (exact) mass is 466 g/mol. The van der Waals surface area contributed by atoms with Crippen LogP contribution in [0.2, 0.25) is 5.02 Å². The van der Waals surface area contributed by atoms with Gasteiger partial charge in [0.2, 0.25) is 0 Å². The Morgan fingerprint density at radius 2 is 2.05 bits per heavy atom. The molecule has 0 bridgehead atoms. The van der Waals surface area contributed by atoms with Gasteiger partial charge >= 0.3 is 0 Å². The summed E-state index contributed by atoms with van der Waals surface area (Å²) in [5, 5.41) is 14.7. The van der Waals surface area contributed by atoms with E-state index in [1.54, 1.807) is 12.1 Å². The second-order valence-electron chi connectivity index (χ2n) is 4.01. The lowest BCUT2D eigenvalue weighted by atomic mass is 10.2. The van der Waals surface area contributed by atoms with Crippen LogP contribution in [0.15, 0.2) is 40.9 Å². The maximum atomic E-state index is 11.0. The van der Waals surface area contributed by atoms with Crippen LogP contribution in [-0.4, -0.2) is 4.92 Å². The van der Waals surface area contributed by atoms with Crippen molar-refractivity contribution in [3.63, 3.8) is 0 Å². The molecule has 0 aromatic heterocycles. The van der Waals surface area contributed by atoms with Crippen LogP contribution >= 0.6 is 50.1 Å². The van der Waals surface area contributed by atoms with Crippen molar-refractivity contribution in [1.29, 1.82) is 0 Å². The standard InChI is InChI=1S/C13H9BrClIN2O2/c14-9-2-1-8(13(5-9)18(19)20)7-17-12-4-3-10(16)6-11(12)15/h1-6,17H,7H2. The molecule has 0 heterocycles. The largest absolute Gasteiger partial charge is 0.379 e. The minimum Gasteiger partial charge on any atom is -0.379 e. The minimum absolute atomic E-state index is 0.0773. The number of halogens is 3. The first-order valence-corrected chi connectivity index (χ1v) is 7.84. The molecule has 4 nitrogen and oxygen atoms in total. The number of nitrogens with one attached hydrogen (secondary N) is 1. The van der Waals surface area contributed by atoms with Gasteiger partial charge in [-0.15, -0.1) is 0 Å². The van der Waals surface area contributed by atoms with Crippen molar-refractivity contribution in [1.82, 2.24) is 0 Å². The molecule has 104 valence electrons. The molecule has 0 aliphatic carbocycles.